The minimum Gasteiger partial charge on any atom is -0.476 e. The van der Waals surface area contributed by atoms with Crippen LogP contribution in [0.25, 0.3) is 11.2 Å². The van der Waals surface area contributed by atoms with Gasteiger partial charge in [-0.25, -0.2) is 4.98 Å². The van der Waals surface area contributed by atoms with E-state index in [1.807, 2.05) is 30.3 Å². The fourth-order valence-corrected chi connectivity index (χ4v) is 5.25. The van der Waals surface area contributed by atoms with Gasteiger partial charge in [-0.1, -0.05) is 56.3 Å². The van der Waals surface area contributed by atoms with Gasteiger partial charge in [0.2, 0.25) is 23.6 Å². The van der Waals surface area contributed by atoms with Gasteiger partial charge in [0.25, 0.3) is 5.69 Å². The predicted molar refractivity (Wildman–Crippen MR) is 151 cm³/mol. The van der Waals surface area contributed by atoms with Crippen molar-refractivity contribution in [1.82, 2.24) is 24.4 Å². The van der Waals surface area contributed by atoms with Gasteiger partial charge in [-0.2, -0.15) is 9.97 Å². The van der Waals surface area contributed by atoms with Gasteiger partial charge in [0, 0.05) is 30.0 Å². The highest BCUT2D eigenvalue weighted by molar-refractivity contribution is 5.92. The number of benzene rings is 2. The second-order valence-electron chi connectivity index (χ2n) is 10.6. The molecule has 0 bridgehead atoms. The summed E-state index contributed by atoms with van der Waals surface area (Å²) in [6.45, 7) is 4.14. The summed E-state index contributed by atoms with van der Waals surface area (Å²) in [6, 6.07) is 15.2. The van der Waals surface area contributed by atoms with Gasteiger partial charge < -0.3 is 18.9 Å². The largest absolute Gasteiger partial charge is 0.476 e. The number of anilines is 1. The molecule has 0 unspecified atom stereocenters. The average Bonchev–Trinajstić information content (AvgIpc) is 3.68. The summed E-state index contributed by atoms with van der Waals surface area (Å²) >= 11 is 0. The number of nitrogens with zero attached hydrogens (tertiary/aromatic N) is 6. The number of imidazole rings is 1. The monoisotopic (exact) mass is 571 g/mol. The summed E-state index contributed by atoms with van der Waals surface area (Å²) in [5.41, 5.74) is 2.49. The molecule has 13 nitrogen and oxygen atoms in total. The van der Waals surface area contributed by atoms with E-state index in [-0.39, 0.29) is 47.9 Å². The highest BCUT2D eigenvalue weighted by Crippen LogP contribution is 2.42. The van der Waals surface area contributed by atoms with Crippen LogP contribution in [0.1, 0.15) is 43.7 Å². The maximum atomic E-state index is 13.8. The molecule has 42 heavy (non-hydrogen) atoms. The molecule has 0 radical (unpaired) electrons. The van der Waals surface area contributed by atoms with Crippen molar-refractivity contribution in [2.75, 3.05) is 18.5 Å². The number of nitro groups is 1. The number of ether oxygens (including phenoxy) is 2. The minimum atomic E-state index is -0.563. The molecule has 2 amide bonds. The number of nitrogens with one attached hydrogen (secondary N) is 1. The third-order valence-electron chi connectivity index (χ3n) is 7.47. The van der Waals surface area contributed by atoms with E-state index in [1.54, 1.807) is 41.8 Å². The molecule has 4 aromatic rings. The topological polar surface area (TPSA) is 155 Å². The van der Waals surface area contributed by atoms with E-state index >= 15 is 0 Å². The molecule has 216 valence electrons. The number of fused-ring (bicyclic) bond motifs is 2. The van der Waals surface area contributed by atoms with Crippen molar-refractivity contribution in [3.63, 3.8) is 0 Å². The van der Waals surface area contributed by atoms with E-state index in [4.69, 9.17) is 9.47 Å². The first-order valence-corrected chi connectivity index (χ1v) is 13.7. The molecule has 2 aliphatic rings. The lowest BCUT2D eigenvalue weighted by atomic mass is 10.1. The summed E-state index contributed by atoms with van der Waals surface area (Å²) in [7, 11) is 0. The number of hydrogen-bond donors (Lipinski definition) is 1. The van der Waals surface area contributed by atoms with E-state index in [9.17, 15) is 19.7 Å². The molecule has 0 aliphatic carbocycles. The Balaban J connectivity index is 1.28. The van der Waals surface area contributed by atoms with Gasteiger partial charge in [-0.05, 0) is 12.0 Å². The standard InChI is InChI=1S/C29H29N7O6/c1-17(2)25(37)32-29-31-24-23(26(33-29)41-13-12-18-8-10-20(11-9-18)36(39)40)30-16-34(24)22-14-21-15-42-28(35(21)27(22)38)19-6-4-3-5-7-19/h3-11,16-17,21-22,28H,12-15H2,1-2H3,(H,31,32,33,37)/t21-,22-,28+/m0/s1. The Kier molecular flexibility index (Phi) is 7.25. The van der Waals surface area contributed by atoms with E-state index in [1.165, 1.54) is 12.1 Å². The van der Waals surface area contributed by atoms with E-state index in [0.29, 0.717) is 30.6 Å². The molecular weight excluding hydrogens is 542 g/mol. The predicted octanol–water partition coefficient (Wildman–Crippen LogP) is 3.82. The number of hydrogen-bond acceptors (Lipinski definition) is 9. The van der Waals surface area contributed by atoms with E-state index in [2.05, 4.69) is 20.3 Å². The van der Waals surface area contributed by atoms with Crippen LogP contribution in [0.3, 0.4) is 0 Å². The summed E-state index contributed by atoms with van der Waals surface area (Å²) < 4.78 is 13.7. The number of carbonyl (C=O) groups is 2. The molecule has 0 saturated carbocycles. The number of non-ortho nitro benzene ring substituents is 1. The quantitative estimate of drug-likeness (QED) is 0.233. The maximum absolute atomic E-state index is 13.8. The normalized spacial score (nSPS) is 19.8. The number of carbonyl (C=O) groups excluding carboxylic acids is 2. The second kappa shape index (κ2) is 11.2. The zero-order valence-corrected chi connectivity index (χ0v) is 23.0. The number of nitro benzene ring substituents is 1. The number of aromatic nitrogens is 4. The molecule has 2 aliphatic heterocycles. The minimum absolute atomic E-state index is 0.0110. The summed E-state index contributed by atoms with van der Waals surface area (Å²) in [5, 5.41) is 13.7. The summed E-state index contributed by atoms with van der Waals surface area (Å²) in [5.74, 6) is -0.463. The fourth-order valence-electron chi connectivity index (χ4n) is 5.25. The van der Waals surface area contributed by atoms with Crippen molar-refractivity contribution in [1.29, 1.82) is 0 Å². The highest BCUT2D eigenvalue weighted by Gasteiger charge is 2.49. The molecule has 2 aromatic heterocycles. The third kappa shape index (κ3) is 5.14. The Morgan fingerprint density at radius 1 is 1.17 bits per heavy atom. The van der Waals surface area contributed by atoms with Gasteiger partial charge in [-0.15, -0.1) is 0 Å². The Labute approximate surface area is 240 Å². The Morgan fingerprint density at radius 3 is 2.64 bits per heavy atom. The highest BCUT2D eigenvalue weighted by atomic mass is 16.6. The molecular formula is C29H29N7O6. The molecule has 3 atom stereocenters. The molecule has 4 heterocycles. The van der Waals surface area contributed by atoms with Crippen LogP contribution in [0.2, 0.25) is 0 Å². The molecule has 0 spiro atoms. The van der Waals surface area contributed by atoms with Gasteiger partial charge in [-0.3, -0.25) is 25.0 Å². The van der Waals surface area contributed by atoms with Crippen molar-refractivity contribution in [3.05, 3.63) is 82.2 Å². The molecule has 6 rings (SSSR count). The fraction of sp³-hybridized carbons (Fsp3) is 0.345. The summed E-state index contributed by atoms with van der Waals surface area (Å²) in [6.07, 6.45) is 2.06. The van der Waals surface area contributed by atoms with Crippen LogP contribution in [0.4, 0.5) is 11.6 Å². The van der Waals surface area contributed by atoms with Gasteiger partial charge in [0.15, 0.2) is 17.4 Å². The number of amides is 2. The smallest absolute Gasteiger partial charge is 0.269 e. The first-order valence-electron chi connectivity index (χ1n) is 13.7. The van der Waals surface area contributed by atoms with Crippen LogP contribution in [-0.4, -0.2) is 60.4 Å². The van der Waals surface area contributed by atoms with Crippen molar-refractivity contribution < 1.29 is 24.0 Å². The molecule has 2 aromatic carbocycles. The Bertz CT molecular complexity index is 1640. The van der Waals surface area contributed by atoms with Crippen LogP contribution < -0.4 is 10.1 Å². The lowest BCUT2D eigenvalue weighted by Crippen LogP contribution is -2.32. The van der Waals surface area contributed by atoms with Crippen molar-refractivity contribution >= 4 is 34.6 Å². The van der Waals surface area contributed by atoms with Crippen molar-refractivity contribution in [2.24, 2.45) is 5.92 Å². The first-order chi connectivity index (χ1) is 20.3. The van der Waals surface area contributed by atoms with Crippen LogP contribution in [0, 0.1) is 16.0 Å². The lowest BCUT2D eigenvalue weighted by Gasteiger charge is -2.23. The van der Waals surface area contributed by atoms with Crippen molar-refractivity contribution in [3.8, 4) is 5.88 Å². The maximum Gasteiger partial charge on any atom is 0.269 e. The zero-order chi connectivity index (χ0) is 29.4. The Hall–Kier alpha value is -4.91. The van der Waals surface area contributed by atoms with Gasteiger partial charge >= 0.3 is 0 Å². The molecule has 1 N–H and O–H groups in total. The van der Waals surface area contributed by atoms with Crippen LogP contribution in [0.5, 0.6) is 5.88 Å². The lowest BCUT2D eigenvalue weighted by molar-refractivity contribution is -0.384. The second-order valence-corrected chi connectivity index (χ2v) is 10.6. The Morgan fingerprint density at radius 2 is 1.93 bits per heavy atom. The van der Waals surface area contributed by atoms with Crippen LogP contribution >= 0.6 is 0 Å². The zero-order valence-electron chi connectivity index (χ0n) is 23.0. The van der Waals surface area contributed by atoms with Gasteiger partial charge in [0.05, 0.1) is 30.5 Å². The first kappa shape index (κ1) is 27.3. The van der Waals surface area contributed by atoms with E-state index in [0.717, 1.165) is 11.1 Å². The SMILES string of the molecule is CC(C)C(=O)Nc1nc(OCCc2ccc([N+](=O)[O-])cc2)c2ncn([C@H]3C[C@H]4CO[C@H](c5ccccc5)N4C3=O)c2n1. The molecule has 2 fully saturated rings. The van der Waals surface area contributed by atoms with Crippen molar-refractivity contribution in [2.45, 2.75) is 45.0 Å². The number of rotatable bonds is 9. The average molecular weight is 572 g/mol. The van der Waals surface area contributed by atoms with E-state index < -0.39 is 17.2 Å². The molecule has 13 heteroatoms. The van der Waals surface area contributed by atoms with Crippen LogP contribution in [0.15, 0.2) is 60.9 Å². The summed E-state index contributed by atoms with van der Waals surface area (Å²) in [4.78, 5) is 52.0. The third-order valence-corrected chi connectivity index (χ3v) is 7.47. The van der Waals surface area contributed by atoms with Crippen LogP contribution in [-0.2, 0) is 20.7 Å². The molecule has 2 saturated heterocycles. The van der Waals surface area contributed by atoms with Gasteiger partial charge in [0.1, 0.15) is 6.04 Å².